The van der Waals surface area contributed by atoms with Gasteiger partial charge >= 0.3 is 12.1 Å². The standard InChI is InChI=1S/C20H31NO5/c1-19(2,3)25-17(23)12-15-9-7-14(8-10-15)11-16(13-22)21-18(24)26-20(4,5)6/h7-10,16,22H,11-13H2,1-6H3,(H,21,24). The Morgan fingerprint density at radius 3 is 1.92 bits per heavy atom. The molecule has 0 saturated heterocycles. The Morgan fingerprint density at radius 1 is 0.962 bits per heavy atom. The van der Waals surface area contributed by atoms with Gasteiger partial charge in [0.1, 0.15) is 11.2 Å². The molecule has 1 rings (SSSR count). The molecule has 1 aromatic carbocycles. The van der Waals surface area contributed by atoms with E-state index < -0.39 is 23.3 Å². The van der Waals surface area contributed by atoms with E-state index in [0.717, 1.165) is 11.1 Å². The average molecular weight is 365 g/mol. The second-order valence-corrected chi connectivity index (χ2v) is 8.31. The van der Waals surface area contributed by atoms with Gasteiger partial charge in [-0.05, 0) is 59.1 Å². The number of hydrogen-bond acceptors (Lipinski definition) is 5. The maximum absolute atomic E-state index is 11.9. The fourth-order valence-electron chi connectivity index (χ4n) is 2.26. The number of carbonyl (C=O) groups is 2. The quantitative estimate of drug-likeness (QED) is 0.757. The first kappa shape index (κ1) is 22.0. The van der Waals surface area contributed by atoms with Crippen LogP contribution in [0.1, 0.15) is 52.7 Å². The Hall–Kier alpha value is -2.08. The molecule has 0 aliphatic heterocycles. The number of nitrogens with one attached hydrogen (secondary N) is 1. The van der Waals surface area contributed by atoms with Gasteiger partial charge in [0.05, 0.1) is 19.1 Å². The summed E-state index contributed by atoms with van der Waals surface area (Å²) in [6, 6.07) is 7.00. The number of amides is 1. The van der Waals surface area contributed by atoms with E-state index >= 15 is 0 Å². The van der Waals surface area contributed by atoms with E-state index in [2.05, 4.69) is 5.32 Å². The highest BCUT2D eigenvalue weighted by molar-refractivity contribution is 5.73. The van der Waals surface area contributed by atoms with Crippen LogP contribution in [-0.2, 0) is 27.1 Å². The van der Waals surface area contributed by atoms with Crippen molar-refractivity contribution in [1.82, 2.24) is 5.32 Å². The highest BCUT2D eigenvalue weighted by Gasteiger charge is 2.20. The maximum Gasteiger partial charge on any atom is 0.407 e. The summed E-state index contributed by atoms with van der Waals surface area (Å²) in [6.45, 7) is 10.7. The number of rotatable bonds is 6. The van der Waals surface area contributed by atoms with Gasteiger partial charge in [-0.1, -0.05) is 24.3 Å². The largest absolute Gasteiger partial charge is 0.460 e. The van der Waals surface area contributed by atoms with E-state index in [4.69, 9.17) is 9.47 Å². The lowest BCUT2D eigenvalue weighted by atomic mass is 10.0. The van der Waals surface area contributed by atoms with Crippen molar-refractivity contribution in [1.29, 1.82) is 0 Å². The molecule has 1 unspecified atom stereocenters. The molecule has 0 aliphatic carbocycles. The molecule has 146 valence electrons. The first-order chi connectivity index (χ1) is 11.9. The highest BCUT2D eigenvalue weighted by Crippen LogP contribution is 2.12. The predicted molar refractivity (Wildman–Crippen MR) is 99.9 cm³/mol. The van der Waals surface area contributed by atoms with Gasteiger partial charge in [-0.2, -0.15) is 0 Å². The Balaban J connectivity index is 2.59. The Kier molecular flexibility index (Phi) is 7.63. The molecule has 26 heavy (non-hydrogen) atoms. The molecule has 2 N–H and O–H groups in total. The van der Waals surface area contributed by atoms with Crippen LogP contribution in [0.2, 0.25) is 0 Å². The Labute approximate surface area is 155 Å². The topological polar surface area (TPSA) is 84.9 Å². The molecule has 0 radical (unpaired) electrons. The smallest absolute Gasteiger partial charge is 0.407 e. The summed E-state index contributed by atoms with van der Waals surface area (Å²) in [5, 5.41) is 12.1. The van der Waals surface area contributed by atoms with E-state index in [1.165, 1.54) is 0 Å². The third kappa shape index (κ3) is 9.42. The van der Waals surface area contributed by atoms with Crippen molar-refractivity contribution in [3.05, 3.63) is 35.4 Å². The lowest BCUT2D eigenvalue weighted by molar-refractivity contribution is -0.153. The van der Waals surface area contributed by atoms with Crippen molar-refractivity contribution >= 4 is 12.1 Å². The van der Waals surface area contributed by atoms with Crippen LogP contribution in [0.5, 0.6) is 0 Å². The molecule has 6 heteroatoms. The summed E-state index contributed by atoms with van der Waals surface area (Å²) in [6.07, 6.45) is 0.109. The molecule has 0 aliphatic rings. The van der Waals surface area contributed by atoms with Gasteiger partial charge in [0.25, 0.3) is 0 Å². The molecule has 1 amide bonds. The molecule has 0 aromatic heterocycles. The number of aliphatic hydroxyl groups excluding tert-OH is 1. The van der Waals surface area contributed by atoms with Crippen LogP contribution in [0.25, 0.3) is 0 Å². The average Bonchev–Trinajstić information content (AvgIpc) is 2.44. The molecule has 0 heterocycles. The second kappa shape index (κ2) is 9.03. The number of ether oxygens (including phenoxy) is 2. The molecule has 0 saturated carbocycles. The van der Waals surface area contributed by atoms with Gasteiger partial charge < -0.3 is 19.9 Å². The lowest BCUT2D eigenvalue weighted by Crippen LogP contribution is -2.42. The van der Waals surface area contributed by atoms with Crippen LogP contribution in [0.3, 0.4) is 0 Å². The summed E-state index contributed by atoms with van der Waals surface area (Å²) < 4.78 is 10.5. The molecule has 1 aromatic rings. The number of hydrogen-bond donors (Lipinski definition) is 2. The lowest BCUT2D eigenvalue weighted by Gasteiger charge is -2.23. The fourth-order valence-corrected chi connectivity index (χ4v) is 2.26. The van der Waals surface area contributed by atoms with E-state index in [9.17, 15) is 14.7 Å². The van der Waals surface area contributed by atoms with Gasteiger partial charge in [0, 0.05) is 0 Å². The van der Waals surface area contributed by atoms with Gasteiger partial charge in [-0.3, -0.25) is 4.79 Å². The van der Waals surface area contributed by atoms with Crippen molar-refractivity contribution in [2.45, 2.75) is 71.6 Å². The summed E-state index contributed by atoms with van der Waals surface area (Å²) >= 11 is 0. The molecule has 0 spiro atoms. The van der Waals surface area contributed by atoms with Gasteiger partial charge in [0.2, 0.25) is 0 Å². The summed E-state index contributed by atoms with van der Waals surface area (Å²) in [5.41, 5.74) is 0.697. The zero-order valence-electron chi connectivity index (χ0n) is 16.6. The SMILES string of the molecule is CC(C)(C)OC(=O)Cc1ccc(CC(CO)NC(=O)OC(C)(C)C)cc1. The molecule has 0 fully saturated rings. The van der Waals surface area contributed by atoms with Crippen molar-refractivity contribution in [3.8, 4) is 0 Å². The first-order valence-electron chi connectivity index (χ1n) is 8.78. The second-order valence-electron chi connectivity index (χ2n) is 8.31. The summed E-state index contributed by atoms with van der Waals surface area (Å²) in [4.78, 5) is 23.7. The number of benzene rings is 1. The van der Waals surface area contributed by atoms with Crippen LogP contribution < -0.4 is 5.32 Å². The van der Waals surface area contributed by atoms with Gasteiger partial charge in [0.15, 0.2) is 0 Å². The number of esters is 1. The predicted octanol–water partition coefficient (Wildman–Crippen LogP) is 3.00. The van der Waals surface area contributed by atoms with Crippen molar-refractivity contribution in [2.75, 3.05) is 6.61 Å². The third-order valence-electron chi connectivity index (χ3n) is 3.21. The normalized spacial score (nSPS) is 13.0. The molecular formula is C20H31NO5. The monoisotopic (exact) mass is 365 g/mol. The molecular weight excluding hydrogens is 334 g/mol. The van der Waals surface area contributed by atoms with Gasteiger partial charge in [-0.25, -0.2) is 4.79 Å². The van der Waals surface area contributed by atoms with E-state index in [1.54, 1.807) is 20.8 Å². The zero-order valence-corrected chi connectivity index (χ0v) is 16.6. The Morgan fingerprint density at radius 2 is 1.46 bits per heavy atom. The number of aliphatic hydroxyl groups is 1. The van der Waals surface area contributed by atoms with E-state index in [-0.39, 0.29) is 19.0 Å². The number of alkyl carbamates (subject to hydrolysis) is 1. The van der Waals surface area contributed by atoms with Crippen LogP contribution in [0.4, 0.5) is 4.79 Å². The van der Waals surface area contributed by atoms with Crippen molar-refractivity contribution in [3.63, 3.8) is 0 Å². The zero-order chi connectivity index (χ0) is 20.0. The van der Waals surface area contributed by atoms with Crippen LogP contribution >= 0.6 is 0 Å². The molecule has 6 nitrogen and oxygen atoms in total. The van der Waals surface area contributed by atoms with Crippen LogP contribution in [0.15, 0.2) is 24.3 Å². The van der Waals surface area contributed by atoms with E-state index in [1.807, 2.05) is 45.0 Å². The van der Waals surface area contributed by atoms with E-state index in [0.29, 0.717) is 6.42 Å². The first-order valence-corrected chi connectivity index (χ1v) is 8.78. The minimum atomic E-state index is -0.590. The summed E-state index contributed by atoms with van der Waals surface area (Å²) in [5.74, 6) is -0.273. The third-order valence-corrected chi connectivity index (χ3v) is 3.21. The highest BCUT2D eigenvalue weighted by atomic mass is 16.6. The molecule has 1 atom stereocenters. The minimum absolute atomic E-state index is 0.196. The Bertz CT molecular complexity index is 596. The van der Waals surface area contributed by atoms with Crippen molar-refractivity contribution in [2.24, 2.45) is 0 Å². The number of carbonyl (C=O) groups excluding carboxylic acids is 2. The van der Waals surface area contributed by atoms with Crippen LogP contribution in [-0.4, -0.2) is 41.0 Å². The van der Waals surface area contributed by atoms with Crippen molar-refractivity contribution < 1.29 is 24.2 Å². The fraction of sp³-hybridized carbons (Fsp3) is 0.600. The van der Waals surface area contributed by atoms with Crippen LogP contribution in [0, 0.1) is 0 Å². The minimum Gasteiger partial charge on any atom is -0.460 e. The molecule has 0 bridgehead atoms. The van der Waals surface area contributed by atoms with Gasteiger partial charge in [-0.15, -0.1) is 0 Å². The summed E-state index contributed by atoms with van der Waals surface area (Å²) in [7, 11) is 0. The maximum atomic E-state index is 11.9.